The Kier molecular flexibility index (Phi) is 6.22. The molecule has 0 saturated carbocycles. The molecule has 3 aromatic carbocycles. The van der Waals surface area contributed by atoms with Crippen LogP contribution in [0.4, 0.5) is 5.69 Å². The Morgan fingerprint density at radius 1 is 0.893 bits per heavy atom. The lowest BCUT2D eigenvalue weighted by Gasteiger charge is -2.09. The number of hydrazone groups is 1. The number of anilines is 1. The largest absolute Gasteiger partial charge is 0.376 e. The quantitative estimate of drug-likeness (QED) is 0.477. The monoisotopic (exact) mass is 371 g/mol. The lowest BCUT2D eigenvalue weighted by Crippen LogP contribution is -2.27. The van der Waals surface area contributed by atoms with E-state index in [1.807, 2.05) is 63.2 Å². The molecular weight excluding hydrogens is 346 g/mol. The van der Waals surface area contributed by atoms with Gasteiger partial charge in [-0.1, -0.05) is 72.3 Å². The minimum Gasteiger partial charge on any atom is -0.376 e. The smallest absolute Gasteiger partial charge is 0.259 e. The van der Waals surface area contributed by atoms with E-state index >= 15 is 0 Å². The Morgan fingerprint density at radius 3 is 2.25 bits per heavy atom. The van der Waals surface area contributed by atoms with Gasteiger partial charge in [0.05, 0.1) is 12.3 Å². The van der Waals surface area contributed by atoms with E-state index in [1.165, 1.54) is 11.1 Å². The molecule has 0 heterocycles. The van der Waals surface area contributed by atoms with Gasteiger partial charge in [-0.2, -0.15) is 5.10 Å². The fourth-order valence-electron chi connectivity index (χ4n) is 2.97. The second-order valence-electron chi connectivity index (χ2n) is 6.85. The maximum Gasteiger partial charge on any atom is 0.259 e. The van der Waals surface area contributed by atoms with Gasteiger partial charge in [0.15, 0.2) is 0 Å². The van der Waals surface area contributed by atoms with E-state index in [-0.39, 0.29) is 12.5 Å². The van der Waals surface area contributed by atoms with Gasteiger partial charge in [0.2, 0.25) is 0 Å². The van der Waals surface area contributed by atoms with Crippen molar-refractivity contribution in [3.05, 3.63) is 89.5 Å². The number of aryl methyl sites for hydroxylation is 2. The molecule has 0 aliphatic carbocycles. The molecule has 2 N–H and O–H groups in total. The van der Waals surface area contributed by atoms with E-state index in [4.69, 9.17) is 0 Å². The van der Waals surface area contributed by atoms with Gasteiger partial charge in [0.1, 0.15) is 0 Å². The van der Waals surface area contributed by atoms with E-state index in [9.17, 15) is 4.79 Å². The molecule has 0 atom stereocenters. The average Bonchev–Trinajstić information content (AvgIpc) is 2.72. The summed E-state index contributed by atoms with van der Waals surface area (Å²) in [7, 11) is 0. The zero-order valence-electron chi connectivity index (χ0n) is 16.5. The van der Waals surface area contributed by atoms with Crippen molar-refractivity contribution in [3.63, 3.8) is 0 Å². The Labute approximate surface area is 166 Å². The molecule has 0 aromatic heterocycles. The lowest BCUT2D eigenvalue weighted by atomic mass is 10.0. The first kappa shape index (κ1) is 19.4. The summed E-state index contributed by atoms with van der Waals surface area (Å²) in [6, 6.07) is 24.5. The van der Waals surface area contributed by atoms with Crippen molar-refractivity contribution in [1.29, 1.82) is 0 Å². The Hall–Kier alpha value is -3.40. The van der Waals surface area contributed by atoms with Crippen molar-refractivity contribution in [2.45, 2.75) is 20.8 Å². The third-order valence-electron chi connectivity index (χ3n) is 4.58. The van der Waals surface area contributed by atoms with Gasteiger partial charge in [-0.05, 0) is 49.1 Å². The Balaban J connectivity index is 1.56. The molecule has 28 heavy (non-hydrogen) atoms. The maximum absolute atomic E-state index is 12.1. The fraction of sp³-hybridized carbons (Fsp3) is 0.167. The molecule has 0 spiro atoms. The predicted molar refractivity (Wildman–Crippen MR) is 117 cm³/mol. The molecule has 0 fully saturated rings. The second kappa shape index (κ2) is 9.00. The molecule has 3 aromatic rings. The van der Waals surface area contributed by atoms with Crippen LogP contribution in [-0.2, 0) is 4.79 Å². The summed E-state index contributed by atoms with van der Waals surface area (Å²) in [6.07, 6.45) is 0. The lowest BCUT2D eigenvalue weighted by molar-refractivity contribution is -0.119. The van der Waals surface area contributed by atoms with Crippen LogP contribution in [0.1, 0.15) is 23.6 Å². The van der Waals surface area contributed by atoms with Gasteiger partial charge in [0.25, 0.3) is 5.91 Å². The molecule has 3 rings (SSSR count). The molecule has 0 aliphatic rings. The number of nitrogens with one attached hydrogen (secondary N) is 2. The molecule has 142 valence electrons. The Bertz CT molecular complexity index is 976. The number of hydrogen-bond acceptors (Lipinski definition) is 3. The maximum atomic E-state index is 12.1. The van der Waals surface area contributed by atoms with Gasteiger partial charge in [-0.15, -0.1) is 0 Å². The minimum absolute atomic E-state index is 0.174. The molecule has 4 heteroatoms. The van der Waals surface area contributed by atoms with Crippen molar-refractivity contribution in [3.8, 4) is 11.1 Å². The zero-order chi connectivity index (χ0) is 19.9. The number of carbonyl (C=O) groups excluding carboxylic acids is 1. The number of carbonyl (C=O) groups is 1. The summed E-state index contributed by atoms with van der Waals surface area (Å²) in [5, 5.41) is 7.37. The summed E-state index contributed by atoms with van der Waals surface area (Å²) >= 11 is 0. The molecule has 0 aliphatic heterocycles. The third kappa shape index (κ3) is 5.07. The fourth-order valence-corrected chi connectivity index (χ4v) is 2.97. The van der Waals surface area contributed by atoms with Gasteiger partial charge in [-0.25, -0.2) is 5.43 Å². The van der Waals surface area contributed by atoms with Crippen molar-refractivity contribution >= 4 is 17.3 Å². The Morgan fingerprint density at radius 2 is 1.57 bits per heavy atom. The van der Waals surface area contributed by atoms with Gasteiger partial charge in [-0.3, -0.25) is 4.79 Å². The number of benzene rings is 3. The molecule has 4 nitrogen and oxygen atoms in total. The van der Waals surface area contributed by atoms with E-state index in [0.717, 1.165) is 28.1 Å². The SMILES string of the molecule is CC(=NNC(=O)CNc1ccc(C)cc1C)c1ccc(-c2ccccc2)cc1. The van der Waals surface area contributed by atoms with E-state index in [2.05, 4.69) is 46.2 Å². The topological polar surface area (TPSA) is 53.5 Å². The normalized spacial score (nSPS) is 11.2. The summed E-state index contributed by atoms with van der Waals surface area (Å²) < 4.78 is 0. The molecule has 1 amide bonds. The van der Waals surface area contributed by atoms with Gasteiger partial charge >= 0.3 is 0 Å². The summed E-state index contributed by atoms with van der Waals surface area (Å²) in [5.41, 5.74) is 9.95. The highest BCUT2D eigenvalue weighted by atomic mass is 16.2. The highest BCUT2D eigenvalue weighted by Crippen LogP contribution is 2.19. The number of nitrogens with zero attached hydrogens (tertiary/aromatic N) is 1. The molecular formula is C24H25N3O. The van der Waals surface area contributed by atoms with Crippen molar-refractivity contribution < 1.29 is 4.79 Å². The minimum atomic E-state index is -0.180. The standard InChI is InChI=1S/C24H25N3O/c1-17-9-14-23(18(2)15-17)25-16-24(28)27-26-19(3)20-10-12-22(13-11-20)21-7-5-4-6-8-21/h4-15,25H,16H2,1-3H3,(H,27,28). The first-order valence-electron chi connectivity index (χ1n) is 9.33. The van der Waals surface area contributed by atoms with Crippen LogP contribution in [0.25, 0.3) is 11.1 Å². The van der Waals surface area contributed by atoms with E-state index in [0.29, 0.717) is 0 Å². The van der Waals surface area contributed by atoms with Gasteiger partial charge < -0.3 is 5.32 Å². The number of amides is 1. The third-order valence-corrected chi connectivity index (χ3v) is 4.58. The van der Waals surface area contributed by atoms with Crippen molar-refractivity contribution in [1.82, 2.24) is 5.43 Å². The van der Waals surface area contributed by atoms with Crippen LogP contribution in [0.5, 0.6) is 0 Å². The van der Waals surface area contributed by atoms with Crippen molar-refractivity contribution in [2.75, 3.05) is 11.9 Å². The molecule has 0 bridgehead atoms. The highest BCUT2D eigenvalue weighted by Gasteiger charge is 2.04. The van der Waals surface area contributed by atoms with Crippen LogP contribution < -0.4 is 10.7 Å². The van der Waals surface area contributed by atoms with Crippen LogP contribution in [0, 0.1) is 13.8 Å². The summed E-state index contributed by atoms with van der Waals surface area (Å²) in [6.45, 7) is 6.13. The van der Waals surface area contributed by atoms with Gasteiger partial charge in [0, 0.05) is 5.69 Å². The van der Waals surface area contributed by atoms with E-state index in [1.54, 1.807) is 0 Å². The zero-order valence-corrected chi connectivity index (χ0v) is 16.5. The number of rotatable bonds is 6. The first-order chi connectivity index (χ1) is 13.5. The van der Waals surface area contributed by atoms with Crippen LogP contribution in [0.3, 0.4) is 0 Å². The summed E-state index contributed by atoms with van der Waals surface area (Å²) in [4.78, 5) is 12.1. The van der Waals surface area contributed by atoms with Crippen LogP contribution in [0.2, 0.25) is 0 Å². The van der Waals surface area contributed by atoms with Crippen molar-refractivity contribution in [2.24, 2.45) is 5.10 Å². The van der Waals surface area contributed by atoms with Crippen LogP contribution in [-0.4, -0.2) is 18.2 Å². The van der Waals surface area contributed by atoms with E-state index < -0.39 is 0 Å². The highest BCUT2D eigenvalue weighted by molar-refractivity contribution is 5.99. The first-order valence-corrected chi connectivity index (χ1v) is 9.33. The molecule has 0 unspecified atom stereocenters. The van der Waals surface area contributed by atoms with Crippen LogP contribution in [0.15, 0.2) is 77.9 Å². The molecule has 0 saturated heterocycles. The predicted octanol–water partition coefficient (Wildman–Crippen LogP) is 4.92. The molecule has 0 radical (unpaired) electrons. The second-order valence-corrected chi connectivity index (χ2v) is 6.85. The number of hydrogen-bond donors (Lipinski definition) is 2. The van der Waals surface area contributed by atoms with Crippen LogP contribution >= 0.6 is 0 Å². The average molecular weight is 371 g/mol. The summed E-state index contributed by atoms with van der Waals surface area (Å²) in [5.74, 6) is -0.180.